The van der Waals surface area contributed by atoms with Crippen molar-refractivity contribution in [3.8, 4) is 22.8 Å². The van der Waals surface area contributed by atoms with Crippen molar-refractivity contribution in [1.29, 1.82) is 0 Å². The van der Waals surface area contributed by atoms with Gasteiger partial charge in [-0.25, -0.2) is 9.37 Å². The molecule has 3 aromatic rings. The molecule has 3 aliphatic rings. The van der Waals surface area contributed by atoms with Gasteiger partial charge in [0.2, 0.25) is 5.88 Å². The predicted molar refractivity (Wildman–Crippen MR) is 189 cm³/mol. The van der Waals surface area contributed by atoms with Crippen molar-refractivity contribution >= 4 is 18.3 Å². The Morgan fingerprint density at radius 1 is 1.06 bits per heavy atom. The molecule has 3 fully saturated rings. The van der Waals surface area contributed by atoms with Gasteiger partial charge in [0.05, 0.1) is 19.4 Å². The van der Waals surface area contributed by atoms with Crippen LogP contribution >= 0.6 is 12.4 Å². The number of hydrogen-bond donors (Lipinski definition) is 3. The highest BCUT2D eigenvalue weighted by atomic mass is 35.5. The van der Waals surface area contributed by atoms with Gasteiger partial charge in [-0.2, -0.15) is 0 Å². The van der Waals surface area contributed by atoms with Crippen molar-refractivity contribution in [1.82, 2.24) is 25.4 Å². The fraction of sp³-hybridized carbons (Fsp3) is 0.514. The maximum atomic E-state index is 14.3. The van der Waals surface area contributed by atoms with Crippen LogP contribution in [0.2, 0.25) is 0 Å². The lowest BCUT2D eigenvalue weighted by atomic mass is 9.91. The third kappa shape index (κ3) is 9.31. The fourth-order valence-corrected chi connectivity index (χ4v) is 7.24. The first-order chi connectivity index (χ1) is 22.7. The smallest absolute Gasteiger partial charge is 0.257 e. The van der Waals surface area contributed by atoms with E-state index in [9.17, 15) is 9.18 Å². The van der Waals surface area contributed by atoms with Gasteiger partial charge < -0.3 is 25.8 Å². The van der Waals surface area contributed by atoms with Crippen molar-refractivity contribution in [3.63, 3.8) is 0 Å². The Bertz CT molecular complexity index is 1530. The Hall–Kier alpha value is -3.12. The molecule has 6 rings (SSSR count). The number of piperazine rings is 1. The average Bonchev–Trinajstić information content (AvgIpc) is 3.04. The monoisotopic (exact) mass is 680 g/mol. The van der Waals surface area contributed by atoms with Crippen LogP contribution in [0.1, 0.15) is 67.9 Å². The van der Waals surface area contributed by atoms with Crippen LogP contribution in [0.15, 0.2) is 54.7 Å². The molecule has 2 aromatic carbocycles. The molecular weight excluding hydrogens is 631 g/mol. The Labute approximate surface area is 290 Å². The van der Waals surface area contributed by atoms with E-state index in [4.69, 9.17) is 15.2 Å². The normalized spacial score (nSPS) is 25.2. The summed E-state index contributed by atoms with van der Waals surface area (Å²) < 4.78 is 26.2. The summed E-state index contributed by atoms with van der Waals surface area (Å²) in [4.78, 5) is 22.5. The van der Waals surface area contributed by atoms with E-state index in [0.717, 1.165) is 88.9 Å². The number of halogens is 2. The van der Waals surface area contributed by atoms with Crippen LogP contribution in [-0.2, 0) is 17.8 Å². The number of pyridine rings is 1. The van der Waals surface area contributed by atoms with E-state index < -0.39 is 11.7 Å². The summed E-state index contributed by atoms with van der Waals surface area (Å²) in [7, 11) is 0. The van der Waals surface area contributed by atoms with Gasteiger partial charge in [0.25, 0.3) is 5.91 Å². The molecule has 3 heterocycles. The third-order valence-corrected chi connectivity index (χ3v) is 9.62. The number of amides is 1. The largest absolute Gasteiger partial charge is 0.438 e. The molecule has 1 unspecified atom stereocenters. The maximum Gasteiger partial charge on any atom is 0.257 e. The standard InChI is InChI=1S/C37H49FN6O3.ClH/c1-24-19-43(20-25(2)41-24)21-27-7-12-34(29(15-27)22-44-13-14-46-23-26(44)3)28-5-4-6-33(16-28)47-37-35(17-30(38)18-40-37)36(45)42-32-10-8-31(39)9-11-32;/h4-7,12,15-18,24-26,31-32,41H,8-11,13-14,19-23,39H2,1-3H3,(H,42,45);1H/t24-,25+,26?,31?,32?;. The van der Waals surface area contributed by atoms with Crippen LogP contribution in [0, 0.1) is 5.82 Å². The van der Waals surface area contributed by atoms with Crippen LogP contribution in [-0.4, -0.2) is 83.7 Å². The van der Waals surface area contributed by atoms with E-state index in [2.05, 4.69) is 70.5 Å². The zero-order chi connectivity index (χ0) is 32.9. The number of carbonyl (C=O) groups is 1. The molecule has 1 saturated carbocycles. The molecular formula is C37H50ClFN6O3. The molecule has 0 bridgehead atoms. The Kier molecular flexibility index (Phi) is 12.4. The average molecular weight is 681 g/mol. The number of hydrogen-bond acceptors (Lipinski definition) is 8. The molecule has 0 spiro atoms. The molecule has 3 atom stereocenters. The number of morpholine rings is 1. The number of nitrogens with one attached hydrogen (secondary N) is 2. The second kappa shape index (κ2) is 16.5. The van der Waals surface area contributed by atoms with Gasteiger partial charge in [-0.1, -0.05) is 30.3 Å². The SMILES string of the molecule is CC1COCCN1Cc1cc(CN2C[C@@H](C)N[C@@H](C)C2)ccc1-c1cccc(Oc2ncc(F)cc2C(=O)NC2CCC(N)CC2)c1.Cl. The van der Waals surface area contributed by atoms with Crippen molar-refractivity contribution in [2.24, 2.45) is 5.73 Å². The van der Waals surface area contributed by atoms with Crippen molar-refractivity contribution in [2.75, 3.05) is 32.8 Å². The van der Waals surface area contributed by atoms with Gasteiger partial charge in [0.1, 0.15) is 17.1 Å². The topological polar surface area (TPSA) is 105 Å². The molecule has 1 aromatic heterocycles. The minimum Gasteiger partial charge on any atom is -0.438 e. The minimum absolute atomic E-state index is 0. The lowest BCUT2D eigenvalue weighted by molar-refractivity contribution is -0.00431. The molecule has 0 radical (unpaired) electrons. The summed E-state index contributed by atoms with van der Waals surface area (Å²) in [5.74, 6) is -0.383. The number of rotatable bonds is 9. The Morgan fingerprint density at radius 2 is 1.83 bits per heavy atom. The van der Waals surface area contributed by atoms with Crippen molar-refractivity contribution in [3.05, 3.63) is 77.2 Å². The van der Waals surface area contributed by atoms with Crippen molar-refractivity contribution < 1.29 is 18.7 Å². The molecule has 11 heteroatoms. The fourth-order valence-electron chi connectivity index (χ4n) is 7.24. The minimum atomic E-state index is -0.589. The molecule has 1 amide bonds. The number of aromatic nitrogens is 1. The van der Waals surface area contributed by atoms with Gasteiger partial charge in [0, 0.05) is 62.9 Å². The first-order valence-electron chi connectivity index (χ1n) is 17.1. The summed E-state index contributed by atoms with van der Waals surface area (Å²) in [6.45, 7) is 12.8. The van der Waals surface area contributed by atoms with Gasteiger partial charge in [-0.15, -0.1) is 12.4 Å². The molecule has 48 heavy (non-hydrogen) atoms. The highest BCUT2D eigenvalue weighted by Crippen LogP contribution is 2.32. The van der Waals surface area contributed by atoms with Gasteiger partial charge in [-0.3, -0.25) is 14.6 Å². The van der Waals surface area contributed by atoms with Crippen molar-refractivity contribution in [2.45, 2.75) is 89.8 Å². The van der Waals surface area contributed by atoms with E-state index >= 15 is 0 Å². The number of nitrogens with zero attached hydrogens (tertiary/aromatic N) is 3. The van der Waals surface area contributed by atoms with Crippen LogP contribution < -0.4 is 21.1 Å². The first kappa shape index (κ1) is 36.2. The molecule has 4 N–H and O–H groups in total. The third-order valence-electron chi connectivity index (χ3n) is 9.62. The summed E-state index contributed by atoms with van der Waals surface area (Å²) in [6, 6.07) is 17.2. The van der Waals surface area contributed by atoms with Gasteiger partial charge in [-0.05, 0) is 86.9 Å². The highest BCUT2D eigenvalue weighted by Gasteiger charge is 2.25. The second-order valence-electron chi connectivity index (χ2n) is 13.8. The van der Waals surface area contributed by atoms with Gasteiger partial charge in [0.15, 0.2) is 0 Å². The molecule has 2 aliphatic heterocycles. The van der Waals surface area contributed by atoms with Crippen LogP contribution in [0.3, 0.4) is 0 Å². The van der Waals surface area contributed by atoms with Crippen LogP contribution in [0.4, 0.5) is 4.39 Å². The Morgan fingerprint density at radius 3 is 2.58 bits per heavy atom. The quantitative estimate of drug-likeness (QED) is 0.272. The zero-order valence-electron chi connectivity index (χ0n) is 28.3. The van der Waals surface area contributed by atoms with Crippen LogP contribution in [0.25, 0.3) is 11.1 Å². The summed E-state index contributed by atoms with van der Waals surface area (Å²) >= 11 is 0. The molecule has 9 nitrogen and oxygen atoms in total. The summed E-state index contributed by atoms with van der Waals surface area (Å²) in [6.07, 6.45) is 4.38. The molecule has 1 aliphatic carbocycles. The Balaban J connectivity index is 0.00000451. The zero-order valence-corrected chi connectivity index (χ0v) is 29.1. The highest BCUT2D eigenvalue weighted by molar-refractivity contribution is 5.96. The number of carbonyl (C=O) groups excluding carboxylic acids is 1. The van der Waals surface area contributed by atoms with Gasteiger partial charge >= 0.3 is 0 Å². The van der Waals surface area contributed by atoms with E-state index in [1.165, 1.54) is 17.2 Å². The number of ether oxygens (including phenoxy) is 2. The van der Waals surface area contributed by atoms with E-state index in [1.807, 2.05) is 18.2 Å². The lowest BCUT2D eigenvalue weighted by Gasteiger charge is -2.36. The molecule has 260 valence electrons. The van der Waals surface area contributed by atoms with E-state index in [-0.39, 0.29) is 35.9 Å². The summed E-state index contributed by atoms with van der Waals surface area (Å²) in [5, 5.41) is 6.66. The van der Waals surface area contributed by atoms with E-state index in [0.29, 0.717) is 23.9 Å². The number of nitrogens with two attached hydrogens (primary N) is 1. The van der Waals surface area contributed by atoms with E-state index in [1.54, 1.807) is 0 Å². The lowest BCUT2D eigenvalue weighted by Crippen LogP contribution is -2.53. The van der Waals surface area contributed by atoms with Crippen LogP contribution in [0.5, 0.6) is 11.6 Å². The predicted octanol–water partition coefficient (Wildman–Crippen LogP) is 5.50. The first-order valence-corrected chi connectivity index (χ1v) is 17.1. The molecule has 2 saturated heterocycles. The second-order valence-corrected chi connectivity index (χ2v) is 13.8. The summed E-state index contributed by atoms with van der Waals surface area (Å²) in [5.41, 5.74) is 10.8. The number of benzene rings is 2. The maximum absolute atomic E-state index is 14.3.